The Hall–Kier alpha value is -2.51. The largest absolute Gasteiger partial charge is 0.348 e. The smallest absolute Gasteiger partial charge is 0.123 e. The molecule has 0 amide bonds. The lowest BCUT2D eigenvalue weighted by molar-refractivity contribution is 0.0222. The predicted molar refractivity (Wildman–Crippen MR) is 105 cm³/mol. The van der Waals surface area contributed by atoms with Gasteiger partial charge < -0.3 is 4.98 Å². The highest BCUT2D eigenvalue weighted by atomic mass is 19.1. The molecule has 0 bridgehead atoms. The minimum atomic E-state index is -0.229. The summed E-state index contributed by atoms with van der Waals surface area (Å²) in [5, 5.41) is 7.26. The Labute approximate surface area is 163 Å². The predicted octanol–water partition coefficient (Wildman–Crippen LogP) is 2.92. The molecular formula is C21H25FN6. The highest BCUT2D eigenvalue weighted by molar-refractivity contribution is 5.62. The van der Waals surface area contributed by atoms with E-state index in [1.165, 1.54) is 17.5 Å². The molecule has 0 radical (unpaired) electrons. The molecule has 7 heteroatoms. The minimum Gasteiger partial charge on any atom is -0.348 e. The van der Waals surface area contributed by atoms with Crippen LogP contribution in [0.4, 0.5) is 4.39 Å². The Morgan fingerprint density at radius 2 is 2.07 bits per heavy atom. The molecule has 4 heterocycles. The molecule has 1 saturated heterocycles. The van der Waals surface area contributed by atoms with Crippen molar-refractivity contribution < 1.29 is 4.39 Å². The fraction of sp³-hybridized carbons (Fsp3) is 0.429. The molecule has 5 rings (SSSR count). The number of rotatable bonds is 3. The third-order valence-electron chi connectivity index (χ3n) is 6.50. The summed E-state index contributed by atoms with van der Waals surface area (Å²) in [6.07, 6.45) is 6.88. The quantitative estimate of drug-likeness (QED) is 0.733. The van der Waals surface area contributed by atoms with E-state index in [4.69, 9.17) is 0 Å². The number of likely N-dealkylation sites (tertiary alicyclic amines) is 1. The van der Waals surface area contributed by atoms with Crippen LogP contribution < -0.4 is 0 Å². The zero-order valence-corrected chi connectivity index (χ0v) is 16.1. The molecule has 2 aliphatic heterocycles. The summed E-state index contributed by atoms with van der Waals surface area (Å²) in [4.78, 5) is 13.0. The average molecular weight is 380 g/mol. The number of hydrogen-bond donors (Lipinski definition) is 2. The summed E-state index contributed by atoms with van der Waals surface area (Å²) < 4.78 is 13.6. The number of nitrogens with zero attached hydrogens (tertiary/aromatic N) is 4. The van der Waals surface area contributed by atoms with Gasteiger partial charge in [0.25, 0.3) is 0 Å². The van der Waals surface area contributed by atoms with Crippen LogP contribution in [-0.4, -0.2) is 56.6 Å². The standard InChI is InChI=1S/C21H25FN6/c1-27-8-5-18-20(24-14-23-18)21(27)6-9-28(10-7-21)13-16-12-25-26-19(16)15-3-2-4-17(22)11-15/h2-4,11-12,14H,5-10,13H2,1H3,(H,23,24)(H,25,26). The second kappa shape index (κ2) is 6.83. The number of fused-ring (bicyclic) bond motifs is 2. The van der Waals surface area contributed by atoms with Crippen LogP contribution in [0.1, 0.15) is 29.8 Å². The van der Waals surface area contributed by atoms with E-state index in [0.29, 0.717) is 0 Å². The highest BCUT2D eigenvalue weighted by Crippen LogP contribution is 2.41. The molecule has 0 aliphatic carbocycles. The van der Waals surface area contributed by atoms with E-state index in [1.807, 2.05) is 18.6 Å². The summed E-state index contributed by atoms with van der Waals surface area (Å²) in [5.41, 5.74) is 5.45. The number of benzene rings is 1. The average Bonchev–Trinajstić information content (AvgIpc) is 3.36. The van der Waals surface area contributed by atoms with Gasteiger partial charge in [-0.15, -0.1) is 0 Å². The van der Waals surface area contributed by atoms with Crippen molar-refractivity contribution in [3.8, 4) is 11.3 Å². The number of halogens is 1. The first-order valence-corrected chi connectivity index (χ1v) is 9.90. The molecule has 1 spiro atoms. The van der Waals surface area contributed by atoms with Gasteiger partial charge in [-0.2, -0.15) is 5.10 Å². The van der Waals surface area contributed by atoms with Gasteiger partial charge >= 0.3 is 0 Å². The van der Waals surface area contributed by atoms with Gasteiger partial charge in [0, 0.05) is 49.4 Å². The number of aromatic nitrogens is 4. The van der Waals surface area contributed by atoms with Crippen LogP contribution in [0.3, 0.4) is 0 Å². The van der Waals surface area contributed by atoms with Crippen molar-refractivity contribution in [2.45, 2.75) is 31.3 Å². The normalized spacial score (nSPS) is 19.8. The van der Waals surface area contributed by atoms with Crippen LogP contribution in [0.5, 0.6) is 0 Å². The van der Waals surface area contributed by atoms with E-state index >= 15 is 0 Å². The van der Waals surface area contributed by atoms with Crippen LogP contribution in [-0.2, 0) is 18.5 Å². The van der Waals surface area contributed by atoms with Crippen molar-refractivity contribution in [3.63, 3.8) is 0 Å². The van der Waals surface area contributed by atoms with E-state index in [0.717, 1.165) is 62.3 Å². The van der Waals surface area contributed by atoms with Crippen molar-refractivity contribution in [2.24, 2.45) is 0 Å². The number of imidazole rings is 1. The van der Waals surface area contributed by atoms with E-state index in [9.17, 15) is 4.39 Å². The molecule has 146 valence electrons. The van der Waals surface area contributed by atoms with Crippen LogP contribution in [0, 0.1) is 5.82 Å². The Bertz CT molecular complexity index is 969. The van der Waals surface area contributed by atoms with Crippen LogP contribution >= 0.6 is 0 Å². The van der Waals surface area contributed by atoms with Crippen molar-refractivity contribution in [1.82, 2.24) is 30.0 Å². The SMILES string of the molecule is CN1CCc2[nH]cnc2C12CCN(Cc1cn[nH]c1-c1cccc(F)c1)CC2. The molecule has 28 heavy (non-hydrogen) atoms. The molecular weight excluding hydrogens is 355 g/mol. The molecule has 2 N–H and O–H groups in total. The third-order valence-corrected chi connectivity index (χ3v) is 6.50. The number of nitrogens with one attached hydrogen (secondary N) is 2. The molecule has 1 aromatic carbocycles. The van der Waals surface area contributed by atoms with Crippen molar-refractivity contribution >= 4 is 0 Å². The summed E-state index contributed by atoms with van der Waals surface area (Å²) >= 11 is 0. The van der Waals surface area contributed by atoms with Gasteiger partial charge in [0.05, 0.1) is 29.5 Å². The number of likely N-dealkylation sites (N-methyl/N-ethyl adjacent to an activating group) is 1. The molecule has 0 atom stereocenters. The van der Waals surface area contributed by atoms with Gasteiger partial charge in [0.15, 0.2) is 0 Å². The minimum absolute atomic E-state index is 0.0475. The Morgan fingerprint density at radius 1 is 1.21 bits per heavy atom. The molecule has 0 saturated carbocycles. The Morgan fingerprint density at radius 3 is 2.89 bits per heavy atom. The van der Waals surface area contributed by atoms with E-state index < -0.39 is 0 Å². The lowest BCUT2D eigenvalue weighted by Gasteiger charge is -2.49. The maximum Gasteiger partial charge on any atom is 0.123 e. The lowest BCUT2D eigenvalue weighted by Crippen LogP contribution is -2.54. The zero-order chi connectivity index (χ0) is 19.1. The first-order valence-electron chi connectivity index (χ1n) is 9.90. The van der Waals surface area contributed by atoms with E-state index in [1.54, 1.807) is 12.1 Å². The monoisotopic (exact) mass is 380 g/mol. The Balaban J connectivity index is 1.33. The number of H-pyrrole nitrogens is 2. The maximum atomic E-state index is 13.6. The van der Waals surface area contributed by atoms with Gasteiger partial charge in [0.1, 0.15) is 5.82 Å². The highest BCUT2D eigenvalue weighted by Gasteiger charge is 2.44. The van der Waals surface area contributed by atoms with Crippen molar-refractivity contribution in [1.29, 1.82) is 0 Å². The first kappa shape index (κ1) is 17.6. The van der Waals surface area contributed by atoms with Crippen LogP contribution in [0.15, 0.2) is 36.8 Å². The van der Waals surface area contributed by atoms with E-state index in [2.05, 4.69) is 37.0 Å². The van der Waals surface area contributed by atoms with Crippen LogP contribution in [0.2, 0.25) is 0 Å². The van der Waals surface area contributed by atoms with Gasteiger partial charge in [0.2, 0.25) is 0 Å². The van der Waals surface area contributed by atoms with Gasteiger partial charge in [-0.3, -0.25) is 14.9 Å². The molecule has 6 nitrogen and oxygen atoms in total. The van der Waals surface area contributed by atoms with Crippen LogP contribution in [0.25, 0.3) is 11.3 Å². The Kier molecular flexibility index (Phi) is 4.29. The fourth-order valence-corrected chi connectivity index (χ4v) is 4.85. The molecule has 3 aromatic rings. The lowest BCUT2D eigenvalue weighted by atomic mass is 9.79. The second-order valence-electron chi connectivity index (χ2n) is 7.99. The molecule has 0 unspecified atom stereocenters. The second-order valence-corrected chi connectivity index (χ2v) is 7.99. The maximum absolute atomic E-state index is 13.6. The summed E-state index contributed by atoms with van der Waals surface area (Å²) in [6.45, 7) is 3.89. The number of aromatic amines is 2. The summed E-state index contributed by atoms with van der Waals surface area (Å²) in [5.74, 6) is -0.229. The van der Waals surface area contributed by atoms with Gasteiger partial charge in [-0.25, -0.2) is 9.37 Å². The van der Waals surface area contributed by atoms with Crippen molar-refractivity contribution in [2.75, 3.05) is 26.7 Å². The van der Waals surface area contributed by atoms with Crippen molar-refractivity contribution in [3.05, 3.63) is 59.6 Å². The van der Waals surface area contributed by atoms with Gasteiger partial charge in [-0.1, -0.05) is 12.1 Å². The van der Waals surface area contributed by atoms with Gasteiger partial charge in [-0.05, 0) is 32.0 Å². The molecule has 2 aromatic heterocycles. The number of hydrogen-bond acceptors (Lipinski definition) is 4. The first-order chi connectivity index (χ1) is 13.7. The summed E-state index contributed by atoms with van der Waals surface area (Å²) in [7, 11) is 2.23. The fourth-order valence-electron chi connectivity index (χ4n) is 4.85. The third kappa shape index (κ3) is 2.86. The molecule has 2 aliphatic rings. The zero-order valence-electron chi connectivity index (χ0n) is 16.1. The molecule has 1 fully saturated rings. The number of piperidine rings is 1. The van der Waals surface area contributed by atoms with E-state index in [-0.39, 0.29) is 11.4 Å². The summed E-state index contributed by atoms with van der Waals surface area (Å²) in [6, 6.07) is 6.67. The topological polar surface area (TPSA) is 63.8 Å².